The van der Waals surface area contributed by atoms with Gasteiger partial charge in [0.1, 0.15) is 0 Å². The van der Waals surface area contributed by atoms with Crippen LogP contribution in [0, 0.1) is 22.7 Å². The van der Waals surface area contributed by atoms with Crippen molar-refractivity contribution in [2.45, 2.75) is 66.0 Å². The van der Waals surface area contributed by atoms with Gasteiger partial charge in [0.2, 0.25) is 0 Å². The molecule has 2 saturated carbocycles. The summed E-state index contributed by atoms with van der Waals surface area (Å²) >= 11 is 1.90. The number of hydrogen-bond acceptors (Lipinski definition) is 2. The Morgan fingerprint density at radius 1 is 1.30 bits per heavy atom. The van der Waals surface area contributed by atoms with Crippen molar-refractivity contribution in [3.05, 3.63) is 22.4 Å². The molecule has 0 aromatic carbocycles. The van der Waals surface area contributed by atoms with E-state index in [0.717, 1.165) is 5.92 Å². The lowest BCUT2D eigenvalue weighted by Gasteiger charge is -2.45. The third kappa shape index (κ3) is 2.16. The number of thiophene rings is 1. The molecular weight excluding hydrogens is 262 g/mol. The second-order valence-electron chi connectivity index (χ2n) is 8.25. The minimum atomic E-state index is 0.442. The molecule has 1 nitrogen and oxygen atoms in total. The van der Waals surface area contributed by atoms with Gasteiger partial charge in [-0.3, -0.25) is 0 Å². The van der Waals surface area contributed by atoms with Crippen LogP contribution in [0.1, 0.15) is 64.8 Å². The quantitative estimate of drug-likeness (QED) is 0.799. The largest absolute Gasteiger partial charge is 0.305 e. The Kier molecular flexibility index (Phi) is 3.53. The Morgan fingerprint density at radius 3 is 2.55 bits per heavy atom. The fraction of sp³-hybridized carbons (Fsp3) is 0.778. The highest BCUT2D eigenvalue weighted by Crippen LogP contribution is 2.62. The van der Waals surface area contributed by atoms with Crippen LogP contribution in [0.15, 0.2) is 17.5 Å². The van der Waals surface area contributed by atoms with Gasteiger partial charge < -0.3 is 5.32 Å². The topological polar surface area (TPSA) is 12.0 Å². The Balaban J connectivity index is 1.85. The normalized spacial score (nSPS) is 36.7. The summed E-state index contributed by atoms with van der Waals surface area (Å²) in [4.78, 5) is 1.50. The van der Waals surface area contributed by atoms with Crippen LogP contribution in [-0.4, -0.2) is 6.04 Å². The average molecular weight is 292 g/mol. The van der Waals surface area contributed by atoms with Gasteiger partial charge in [0.25, 0.3) is 0 Å². The first-order valence-electron chi connectivity index (χ1n) is 8.14. The third-order valence-electron chi connectivity index (χ3n) is 6.13. The van der Waals surface area contributed by atoms with Crippen molar-refractivity contribution >= 4 is 11.3 Å². The highest BCUT2D eigenvalue weighted by Gasteiger charge is 2.59. The predicted octanol–water partition coefficient (Wildman–Crippen LogP) is 5.25. The van der Waals surface area contributed by atoms with Crippen LogP contribution in [0.5, 0.6) is 0 Å². The molecule has 1 aromatic rings. The highest BCUT2D eigenvalue weighted by atomic mass is 32.1. The van der Waals surface area contributed by atoms with E-state index < -0.39 is 0 Å². The number of hydrogen-bond donors (Lipinski definition) is 1. The lowest BCUT2D eigenvalue weighted by Crippen LogP contribution is -2.52. The van der Waals surface area contributed by atoms with Crippen molar-refractivity contribution in [1.82, 2.24) is 5.32 Å². The van der Waals surface area contributed by atoms with Gasteiger partial charge in [-0.05, 0) is 53.4 Å². The molecule has 2 bridgehead atoms. The summed E-state index contributed by atoms with van der Waals surface area (Å²) in [5, 5.41) is 6.30. The molecule has 3 rings (SSSR count). The summed E-state index contributed by atoms with van der Waals surface area (Å²) in [5.74, 6) is 1.56. The lowest BCUT2D eigenvalue weighted by molar-refractivity contribution is 0.0921. The predicted molar refractivity (Wildman–Crippen MR) is 88.1 cm³/mol. The van der Waals surface area contributed by atoms with E-state index in [1.165, 1.54) is 24.1 Å². The maximum atomic E-state index is 4.09. The van der Waals surface area contributed by atoms with E-state index in [2.05, 4.69) is 57.4 Å². The molecule has 0 saturated heterocycles. The summed E-state index contributed by atoms with van der Waals surface area (Å²) in [6.07, 6.45) is 4.27. The van der Waals surface area contributed by atoms with Gasteiger partial charge in [0.15, 0.2) is 0 Å². The van der Waals surface area contributed by atoms with E-state index in [9.17, 15) is 0 Å². The Morgan fingerprint density at radius 2 is 2.05 bits per heavy atom. The molecule has 2 fully saturated rings. The first-order valence-corrected chi connectivity index (χ1v) is 9.02. The molecule has 2 aliphatic carbocycles. The standard InChI is InChI=1S/C18H29NS/c1-12(2)15(14-7-6-10-20-14)19-16-17(3,4)13-8-9-18(16,5)11-13/h6-7,10,12-13,15-16,19H,8-9,11H2,1-5H3. The van der Waals surface area contributed by atoms with E-state index in [-0.39, 0.29) is 0 Å². The molecule has 4 atom stereocenters. The molecule has 0 spiro atoms. The zero-order valence-electron chi connectivity index (χ0n) is 13.6. The first-order chi connectivity index (χ1) is 9.34. The fourth-order valence-corrected chi connectivity index (χ4v) is 5.93. The van der Waals surface area contributed by atoms with E-state index in [1.54, 1.807) is 0 Å². The van der Waals surface area contributed by atoms with Gasteiger partial charge in [-0.15, -0.1) is 11.3 Å². The van der Waals surface area contributed by atoms with Crippen molar-refractivity contribution in [3.63, 3.8) is 0 Å². The molecular formula is C18H29NS. The van der Waals surface area contributed by atoms with E-state index >= 15 is 0 Å². The maximum absolute atomic E-state index is 4.09. The lowest BCUT2D eigenvalue weighted by atomic mass is 9.68. The van der Waals surface area contributed by atoms with Gasteiger partial charge in [0, 0.05) is 17.0 Å². The Hall–Kier alpha value is -0.340. The van der Waals surface area contributed by atoms with Crippen LogP contribution >= 0.6 is 11.3 Å². The highest BCUT2D eigenvalue weighted by molar-refractivity contribution is 7.10. The molecule has 2 heteroatoms. The summed E-state index contributed by atoms with van der Waals surface area (Å²) in [5.41, 5.74) is 0.954. The molecule has 1 heterocycles. The minimum absolute atomic E-state index is 0.442. The second kappa shape index (κ2) is 4.84. The van der Waals surface area contributed by atoms with Crippen LogP contribution < -0.4 is 5.32 Å². The number of rotatable bonds is 4. The zero-order chi connectivity index (χ0) is 14.5. The van der Waals surface area contributed by atoms with Crippen molar-refractivity contribution in [2.75, 3.05) is 0 Å². The smallest absolute Gasteiger partial charge is 0.0440 e. The van der Waals surface area contributed by atoms with Gasteiger partial charge >= 0.3 is 0 Å². The fourth-order valence-electron chi connectivity index (χ4n) is 4.97. The molecule has 4 unspecified atom stereocenters. The summed E-state index contributed by atoms with van der Waals surface area (Å²) in [7, 11) is 0. The molecule has 0 aliphatic heterocycles. The van der Waals surface area contributed by atoms with Crippen LogP contribution in [0.25, 0.3) is 0 Å². The molecule has 0 radical (unpaired) electrons. The summed E-state index contributed by atoms with van der Waals surface area (Å²) in [6.45, 7) is 12.2. The third-order valence-corrected chi connectivity index (χ3v) is 7.09. The van der Waals surface area contributed by atoms with Crippen molar-refractivity contribution < 1.29 is 0 Å². The zero-order valence-corrected chi connectivity index (χ0v) is 14.4. The second-order valence-corrected chi connectivity index (χ2v) is 9.23. The van der Waals surface area contributed by atoms with Crippen LogP contribution in [0.2, 0.25) is 0 Å². The SMILES string of the molecule is CC(C)C(NC1C2(C)CCC(C2)C1(C)C)c1cccs1. The summed E-state index contributed by atoms with van der Waals surface area (Å²) < 4.78 is 0. The van der Waals surface area contributed by atoms with E-state index in [0.29, 0.717) is 28.8 Å². The van der Waals surface area contributed by atoms with Crippen LogP contribution in [-0.2, 0) is 0 Å². The molecule has 20 heavy (non-hydrogen) atoms. The van der Waals surface area contributed by atoms with Crippen molar-refractivity contribution in [2.24, 2.45) is 22.7 Å². The molecule has 1 N–H and O–H groups in total. The van der Waals surface area contributed by atoms with E-state index in [4.69, 9.17) is 0 Å². The average Bonchev–Trinajstić information content (AvgIpc) is 3.01. The van der Waals surface area contributed by atoms with E-state index in [1.807, 2.05) is 11.3 Å². The summed E-state index contributed by atoms with van der Waals surface area (Å²) in [6, 6.07) is 5.65. The van der Waals surface area contributed by atoms with Crippen molar-refractivity contribution in [3.8, 4) is 0 Å². The van der Waals surface area contributed by atoms with Crippen molar-refractivity contribution in [1.29, 1.82) is 0 Å². The van der Waals surface area contributed by atoms with Crippen LogP contribution in [0.3, 0.4) is 0 Å². The monoisotopic (exact) mass is 291 g/mol. The first kappa shape index (κ1) is 14.6. The molecule has 112 valence electrons. The molecule has 2 aliphatic rings. The number of nitrogens with one attached hydrogen (secondary N) is 1. The van der Waals surface area contributed by atoms with Gasteiger partial charge in [0.05, 0.1) is 0 Å². The van der Waals surface area contributed by atoms with Crippen LogP contribution in [0.4, 0.5) is 0 Å². The molecule has 0 amide bonds. The number of fused-ring (bicyclic) bond motifs is 2. The van der Waals surface area contributed by atoms with Gasteiger partial charge in [-0.25, -0.2) is 0 Å². The molecule has 1 aromatic heterocycles. The van der Waals surface area contributed by atoms with Gasteiger partial charge in [-0.2, -0.15) is 0 Å². The maximum Gasteiger partial charge on any atom is 0.0440 e. The Labute approximate surface area is 128 Å². The Bertz CT molecular complexity index is 457. The minimum Gasteiger partial charge on any atom is -0.305 e. The van der Waals surface area contributed by atoms with Gasteiger partial charge in [-0.1, -0.05) is 40.7 Å².